The summed E-state index contributed by atoms with van der Waals surface area (Å²) in [6.45, 7) is 2.43. The maximum atomic E-state index is 12.9. The highest BCUT2D eigenvalue weighted by atomic mass is 16.5. The number of nitrogens with one attached hydrogen (secondary N) is 1. The molecule has 3 atom stereocenters. The Morgan fingerprint density at radius 2 is 1.76 bits per heavy atom. The van der Waals surface area contributed by atoms with Gasteiger partial charge in [-0.3, -0.25) is 9.59 Å². The van der Waals surface area contributed by atoms with Crippen LogP contribution in [0.4, 0.5) is 4.79 Å². The van der Waals surface area contributed by atoms with E-state index >= 15 is 0 Å². The maximum absolute atomic E-state index is 12.9. The maximum Gasteiger partial charge on any atom is 0.407 e. The van der Waals surface area contributed by atoms with Crippen LogP contribution >= 0.6 is 0 Å². The summed E-state index contributed by atoms with van der Waals surface area (Å²) in [6, 6.07) is 15.4. The molecule has 2 N–H and O–H groups in total. The summed E-state index contributed by atoms with van der Waals surface area (Å²) in [5.41, 5.74) is 3.71. The predicted octanol–water partition coefficient (Wildman–Crippen LogP) is 3.63. The lowest BCUT2D eigenvalue weighted by Gasteiger charge is -2.25. The average Bonchev–Trinajstić information content (AvgIpc) is 3.47. The van der Waals surface area contributed by atoms with Crippen LogP contribution in [0, 0.1) is 11.3 Å². The number of fused-ring (bicyclic) bond motifs is 4. The van der Waals surface area contributed by atoms with Gasteiger partial charge in [0.15, 0.2) is 0 Å². The number of aliphatic carboxylic acids is 1. The Morgan fingerprint density at radius 3 is 2.36 bits per heavy atom. The molecular weight excluding hydrogens is 420 g/mol. The number of hydrogen-bond acceptors (Lipinski definition) is 4. The Balaban J connectivity index is 1.20. The lowest BCUT2D eigenvalue weighted by Crippen LogP contribution is -2.47. The smallest absolute Gasteiger partial charge is 0.407 e. The summed E-state index contributed by atoms with van der Waals surface area (Å²) in [4.78, 5) is 38.9. The second kappa shape index (κ2) is 8.21. The quantitative estimate of drug-likeness (QED) is 0.728. The minimum Gasteiger partial charge on any atom is -0.481 e. The summed E-state index contributed by atoms with van der Waals surface area (Å²) in [6.07, 6.45) is 1.66. The number of carboxylic acids is 1. The number of benzene rings is 2. The van der Waals surface area contributed by atoms with Crippen LogP contribution < -0.4 is 5.32 Å². The van der Waals surface area contributed by atoms with Gasteiger partial charge in [0.25, 0.3) is 0 Å². The van der Waals surface area contributed by atoms with Crippen molar-refractivity contribution in [1.29, 1.82) is 0 Å². The Labute approximate surface area is 192 Å². The molecule has 2 fully saturated rings. The fraction of sp³-hybridized carbons (Fsp3) is 0.423. The first-order valence-electron chi connectivity index (χ1n) is 11.5. The normalized spacial score (nSPS) is 24.0. The average molecular weight is 449 g/mol. The first-order chi connectivity index (χ1) is 15.9. The zero-order valence-electron chi connectivity index (χ0n) is 18.6. The predicted molar refractivity (Wildman–Crippen MR) is 122 cm³/mol. The van der Waals surface area contributed by atoms with Crippen LogP contribution in [0.25, 0.3) is 11.1 Å². The second-order valence-electron chi connectivity index (χ2n) is 9.46. The van der Waals surface area contributed by atoms with Crippen molar-refractivity contribution < 1.29 is 24.2 Å². The van der Waals surface area contributed by atoms with Crippen molar-refractivity contribution in [2.75, 3.05) is 19.7 Å². The van der Waals surface area contributed by atoms with Crippen molar-refractivity contribution >= 4 is 18.0 Å². The van der Waals surface area contributed by atoms with E-state index in [2.05, 4.69) is 29.6 Å². The molecule has 2 amide bonds. The molecule has 172 valence electrons. The van der Waals surface area contributed by atoms with E-state index in [9.17, 15) is 19.5 Å². The number of likely N-dealkylation sites (tertiary alicyclic amines) is 1. The van der Waals surface area contributed by atoms with E-state index in [1.165, 1.54) is 0 Å². The van der Waals surface area contributed by atoms with Crippen LogP contribution in [-0.4, -0.2) is 53.7 Å². The lowest BCUT2D eigenvalue weighted by molar-refractivity contribution is -0.149. The van der Waals surface area contributed by atoms with E-state index in [4.69, 9.17) is 4.74 Å². The second-order valence-corrected chi connectivity index (χ2v) is 9.46. The number of carbonyl (C=O) groups is 3. The monoisotopic (exact) mass is 448 g/mol. The molecule has 2 aliphatic carbocycles. The van der Waals surface area contributed by atoms with Crippen molar-refractivity contribution in [3.8, 4) is 11.1 Å². The third-order valence-corrected chi connectivity index (χ3v) is 7.66. The fourth-order valence-corrected chi connectivity index (χ4v) is 5.96. The van der Waals surface area contributed by atoms with E-state index in [0.29, 0.717) is 13.0 Å². The third-order valence-electron chi connectivity index (χ3n) is 7.66. The molecule has 33 heavy (non-hydrogen) atoms. The molecule has 1 heterocycles. The number of nitrogens with zero attached hydrogens (tertiary/aromatic N) is 1. The van der Waals surface area contributed by atoms with E-state index in [0.717, 1.165) is 35.1 Å². The van der Waals surface area contributed by atoms with E-state index in [1.54, 1.807) is 11.8 Å². The van der Waals surface area contributed by atoms with Gasteiger partial charge < -0.3 is 20.1 Å². The number of hydrogen-bond donors (Lipinski definition) is 2. The minimum atomic E-state index is -0.834. The SMILES string of the molecule is C[C@@H](NC(=O)OCC1c2ccccc2-c2ccccc21)C(=O)N1C[C@H]2CCC[C@@]2(C(=O)O)C1. The third kappa shape index (κ3) is 3.56. The van der Waals surface area contributed by atoms with E-state index < -0.39 is 23.5 Å². The first-order valence-corrected chi connectivity index (χ1v) is 11.5. The Kier molecular flexibility index (Phi) is 5.35. The van der Waals surface area contributed by atoms with Crippen LogP contribution in [0.2, 0.25) is 0 Å². The molecule has 0 aromatic heterocycles. The zero-order valence-corrected chi connectivity index (χ0v) is 18.6. The first kappa shape index (κ1) is 21.5. The van der Waals surface area contributed by atoms with Gasteiger partial charge >= 0.3 is 12.1 Å². The molecule has 0 bridgehead atoms. The van der Waals surface area contributed by atoms with Crippen molar-refractivity contribution in [3.63, 3.8) is 0 Å². The summed E-state index contributed by atoms with van der Waals surface area (Å²) >= 11 is 0. The van der Waals surface area contributed by atoms with Gasteiger partial charge in [0.2, 0.25) is 5.91 Å². The van der Waals surface area contributed by atoms with Crippen LogP contribution in [0.1, 0.15) is 43.2 Å². The van der Waals surface area contributed by atoms with Crippen molar-refractivity contribution in [2.45, 2.75) is 38.1 Å². The molecule has 7 nitrogen and oxygen atoms in total. The number of rotatable bonds is 5. The summed E-state index contributed by atoms with van der Waals surface area (Å²) in [7, 11) is 0. The van der Waals surface area contributed by atoms with Crippen LogP contribution in [0.15, 0.2) is 48.5 Å². The molecule has 0 radical (unpaired) electrons. The van der Waals surface area contributed by atoms with Crippen LogP contribution in [0.3, 0.4) is 0 Å². The zero-order chi connectivity index (χ0) is 23.2. The Morgan fingerprint density at radius 1 is 1.12 bits per heavy atom. The topological polar surface area (TPSA) is 95.9 Å². The van der Waals surface area contributed by atoms with Gasteiger partial charge in [-0.25, -0.2) is 4.79 Å². The van der Waals surface area contributed by atoms with Gasteiger partial charge in [0.05, 0.1) is 5.41 Å². The molecular formula is C26H28N2O5. The van der Waals surface area contributed by atoms with Crippen molar-refractivity contribution in [1.82, 2.24) is 10.2 Å². The number of carboxylic acid groups (broad SMARTS) is 1. The largest absolute Gasteiger partial charge is 0.481 e. The van der Waals surface area contributed by atoms with Crippen molar-refractivity contribution in [2.24, 2.45) is 11.3 Å². The molecule has 1 aliphatic heterocycles. The molecule has 5 rings (SSSR count). The highest BCUT2D eigenvalue weighted by Gasteiger charge is 2.56. The minimum absolute atomic E-state index is 0.0133. The Bertz CT molecular complexity index is 1070. The molecule has 0 spiro atoms. The van der Waals surface area contributed by atoms with Crippen LogP contribution in [0.5, 0.6) is 0 Å². The number of amides is 2. The van der Waals surface area contributed by atoms with E-state index in [-0.39, 0.29) is 30.9 Å². The fourth-order valence-electron chi connectivity index (χ4n) is 5.96. The molecule has 2 aromatic rings. The summed E-state index contributed by atoms with van der Waals surface area (Å²) < 4.78 is 5.54. The number of alkyl carbamates (subject to hydrolysis) is 1. The van der Waals surface area contributed by atoms with Gasteiger partial charge in [0, 0.05) is 19.0 Å². The van der Waals surface area contributed by atoms with E-state index in [1.807, 2.05) is 24.3 Å². The molecule has 0 unspecified atom stereocenters. The van der Waals surface area contributed by atoms with Gasteiger partial charge in [-0.2, -0.15) is 0 Å². The van der Waals surface area contributed by atoms with Gasteiger partial charge in [-0.1, -0.05) is 55.0 Å². The molecule has 3 aliphatic rings. The van der Waals surface area contributed by atoms with Gasteiger partial charge in [0.1, 0.15) is 12.6 Å². The molecule has 7 heteroatoms. The Hall–Kier alpha value is -3.35. The highest BCUT2D eigenvalue weighted by molar-refractivity contribution is 5.87. The van der Waals surface area contributed by atoms with Gasteiger partial charge in [-0.05, 0) is 47.9 Å². The molecule has 1 saturated heterocycles. The highest BCUT2D eigenvalue weighted by Crippen LogP contribution is 2.49. The lowest BCUT2D eigenvalue weighted by atomic mass is 9.81. The van der Waals surface area contributed by atoms with Gasteiger partial charge in [-0.15, -0.1) is 0 Å². The molecule has 2 aromatic carbocycles. The molecule has 1 saturated carbocycles. The summed E-state index contributed by atoms with van der Waals surface area (Å²) in [5.74, 6) is -1.15. The summed E-state index contributed by atoms with van der Waals surface area (Å²) in [5, 5.41) is 12.4. The van der Waals surface area contributed by atoms with Crippen LogP contribution in [-0.2, 0) is 14.3 Å². The number of ether oxygens (including phenoxy) is 1. The number of carbonyl (C=O) groups excluding carboxylic acids is 2. The standard InChI is InChI=1S/C26H28N2O5/c1-16(23(29)28-13-17-7-6-12-26(17,15-28)24(30)31)27-25(32)33-14-22-20-10-4-2-8-18(20)19-9-3-5-11-21(19)22/h2-5,8-11,16-17,22H,6-7,12-15H2,1H3,(H,27,32)(H,30,31)/t16-,17-,26-/m1/s1. The van der Waals surface area contributed by atoms with Crippen molar-refractivity contribution in [3.05, 3.63) is 59.7 Å².